The van der Waals surface area contributed by atoms with Crippen LogP contribution < -0.4 is 0 Å². The topological polar surface area (TPSA) is 55.1 Å². The van der Waals surface area contributed by atoms with Gasteiger partial charge >= 0.3 is 0 Å². The molecule has 5 heteroatoms. The standard InChI is InChI=1S/C14H15ClN2O2/c1-9-11(14(15)17(2)16-9)8-12(18)13(19)10-6-4-3-5-7-10/h3-7,13,19H,8H2,1-2H3. The third-order valence-corrected chi connectivity index (χ3v) is 3.51. The molecule has 0 aliphatic heterocycles. The molecule has 1 atom stereocenters. The smallest absolute Gasteiger partial charge is 0.170 e. The van der Waals surface area contributed by atoms with Crippen LogP contribution >= 0.6 is 11.6 Å². The van der Waals surface area contributed by atoms with Crippen molar-refractivity contribution in [1.82, 2.24) is 9.78 Å². The van der Waals surface area contributed by atoms with Crippen molar-refractivity contribution in [2.45, 2.75) is 19.4 Å². The molecule has 4 nitrogen and oxygen atoms in total. The van der Waals surface area contributed by atoms with Gasteiger partial charge in [0.15, 0.2) is 5.78 Å². The number of hydrogen-bond acceptors (Lipinski definition) is 3. The molecule has 0 aliphatic rings. The highest BCUT2D eigenvalue weighted by atomic mass is 35.5. The largest absolute Gasteiger partial charge is 0.381 e. The molecule has 0 spiro atoms. The normalized spacial score (nSPS) is 12.4. The highest BCUT2D eigenvalue weighted by Crippen LogP contribution is 2.22. The average molecular weight is 279 g/mol. The number of aliphatic hydroxyl groups excluding tert-OH is 1. The van der Waals surface area contributed by atoms with Gasteiger partial charge in [0.25, 0.3) is 0 Å². The van der Waals surface area contributed by atoms with Gasteiger partial charge in [-0.15, -0.1) is 0 Å². The van der Waals surface area contributed by atoms with E-state index in [4.69, 9.17) is 11.6 Å². The molecule has 0 radical (unpaired) electrons. The summed E-state index contributed by atoms with van der Waals surface area (Å²) in [6, 6.07) is 8.85. The summed E-state index contributed by atoms with van der Waals surface area (Å²) in [4.78, 5) is 12.1. The Morgan fingerprint density at radius 1 is 1.42 bits per heavy atom. The number of Topliss-reactive ketones (excluding diaryl/α,β-unsaturated/α-hetero) is 1. The molecule has 0 saturated carbocycles. The van der Waals surface area contributed by atoms with Crippen molar-refractivity contribution >= 4 is 17.4 Å². The highest BCUT2D eigenvalue weighted by molar-refractivity contribution is 6.30. The van der Waals surface area contributed by atoms with Gasteiger partial charge in [0.2, 0.25) is 0 Å². The van der Waals surface area contributed by atoms with Crippen LogP contribution in [0.4, 0.5) is 0 Å². The molecule has 0 fully saturated rings. The number of ketones is 1. The first kappa shape index (κ1) is 13.8. The number of hydrogen-bond donors (Lipinski definition) is 1. The summed E-state index contributed by atoms with van der Waals surface area (Å²) in [5.74, 6) is -0.288. The molecular weight excluding hydrogens is 264 g/mol. The van der Waals surface area contributed by atoms with Crippen LogP contribution in [-0.4, -0.2) is 20.7 Å². The zero-order valence-electron chi connectivity index (χ0n) is 10.8. The van der Waals surface area contributed by atoms with E-state index in [9.17, 15) is 9.90 Å². The monoisotopic (exact) mass is 278 g/mol. The van der Waals surface area contributed by atoms with Crippen molar-refractivity contribution in [3.05, 3.63) is 52.3 Å². The first-order valence-corrected chi connectivity index (χ1v) is 6.32. The van der Waals surface area contributed by atoms with E-state index in [2.05, 4.69) is 5.10 Å². The number of aryl methyl sites for hydroxylation is 2. The lowest BCUT2D eigenvalue weighted by Gasteiger charge is -2.09. The molecule has 1 aromatic carbocycles. The van der Waals surface area contributed by atoms with Crippen LogP contribution in [-0.2, 0) is 18.3 Å². The molecule has 100 valence electrons. The summed E-state index contributed by atoms with van der Waals surface area (Å²) >= 11 is 6.08. The molecule has 19 heavy (non-hydrogen) atoms. The quantitative estimate of drug-likeness (QED) is 0.933. The predicted octanol–water partition coefficient (Wildman–Crippen LogP) is 2.23. The van der Waals surface area contributed by atoms with E-state index in [1.807, 2.05) is 6.07 Å². The summed E-state index contributed by atoms with van der Waals surface area (Å²) < 4.78 is 1.52. The maximum absolute atomic E-state index is 12.1. The number of rotatable bonds is 4. The van der Waals surface area contributed by atoms with Gasteiger partial charge in [-0.05, 0) is 12.5 Å². The number of carbonyl (C=O) groups is 1. The Balaban J connectivity index is 2.18. The van der Waals surface area contributed by atoms with Crippen molar-refractivity contribution in [3.63, 3.8) is 0 Å². The molecular formula is C14H15ClN2O2. The van der Waals surface area contributed by atoms with Crippen LogP contribution in [0.2, 0.25) is 5.15 Å². The van der Waals surface area contributed by atoms with Crippen LogP contribution in [0.15, 0.2) is 30.3 Å². The number of aliphatic hydroxyl groups is 1. The Labute approximate surface area is 116 Å². The van der Waals surface area contributed by atoms with E-state index in [-0.39, 0.29) is 12.2 Å². The Hall–Kier alpha value is -1.65. The van der Waals surface area contributed by atoms with Gasteiger partial charge in [-0.25, -0.2) is 0 Å². The zero-order chi connectivity index (χ0) is 14.0. The van der Waals surface area contributed by atoms with E-state index >= 15 is 0 Å². The third-order valence-electron chi connectivity index (χ3n) is 3.04. The third kappa shape index (κ3) is 2.85. The summed E-state index contributed by atoms with van der Waals surface area (Å²) in [6.07, 6.45) is -1.05. The minimum absolute atomic E-state index is 0.0779. The molecule has 1 aromatic heterocycles. The lowest BCUT2D eigenvalue weighted by Crippen LogP contribution is -2.15. The van der Waals surface area contributed by atoms with Crippen molar-refractivity contribution in [1.29, 1.82) is 0 Å². The van der Waals surface area contributed by atoms with Crippen LogP contribution in [0.25, 0.3) is 0 Å². The van der Waals surface area contributed by atoms with Crippen molar-refractivity contribution in [2.24, 2.45) is 7.05 Å². The second-order valence-electron chi connectivity index (χ2n) is 4.43. The van der Waals surface area contributed by atoms with Gasteiger partial charge < -0.3 is 5.11 Å². The van der Waals surface area contributed by atoms with E-state index in [1.165, 1.54) is 4.68 Å². The predicted molar refractivity (Wildman–Crippen MR) is 73.1 cm³/mol. The summed E-state index contributed by atoms with van der Waals surface area (Å²) in [5, 5.41) is 14.6. The summed E-state index contributed by atoms with van der Waals surface area (Å²) in [7, 11) is 1.72. The molecule has 2 aromatic rings. The molecule has 1 unspecified atom stereocenters. The van der Waals surface area contributed by atoms with Crippen LogP contribution in [0.3, 0.4) is 0 Å². The van der Waals surface area contributed by atoms with E-state index in [1.54, 1.807) is 38.2 Å². The van der Waals surface area contributed by atoms with Crippen molar-refractivity contribution in [3.8, 4) is 0 Å². The maximum Gasteiger partial charge on any atom is 0.170 e. The van der Waals surface area contributed by atoms with Gasteiger partial charge in [0.1, 0.15) is 11.3 Å². The van der Waals surface area contributed by atoms with Crippen molar-refractivity contribution < 1.29 is 9.90 Å². The first-order chi connectivity index (χ1) is 9.00. The zero-order valence-corrected chi connectivity index (χ0v) is 11.6. The van der Waals surface area contributed by atoms with E-state index < -0.39 is 6.10 Å². The lowest BCUT2D eigenvalue weighted by atomic mass is 10.0. The minimum Gasteiger partial charge on any atom is -0.381 e. The van der Waals surface area contributed by atoms with Gasteiger partial charge in [-0.3, -0.25) is 9.48 Å². The number of halogens is 1. The van der Waals surface area contributed by atoms with Crippen LogP contribution in [0.5, 0.6) is 0 Å². The van der Waals surface area contributed by atoms with E-state index in [0.717, 1.165) is 0 Å². The number of aromatic nitrogens is 2. The van der Waals surface area contributed by atoms with Gasteiger partial charge in [-0.1, -0.05) is 41.9 Å². The molecule has 0 bridgehead atoms. The number of carbonyl (C=O) groups excluding carboxylic acids is 1. The Kier molecular flexibility index (Phi) is 4.02. The molecule has 1 N–H and O–H groups in total. The van der Waals surface area contributed by atoms with Gasteiger partial charge in [0.05, 0.1) is 5.69 Å². The Bertz CT molecular complexity index is 593. The number of nitrogens with zero attached hydrogens (tertiary/aromatic N) is 2. The Morgan fingerprint density at radius 2 is 2.05 bits per heavy atom. The highest BCUT2D eigenvalue weighted by Gasteiger charge is 2.21. The van der Waals surface area contributed by atoms with E-state index in [0.29, 0.717) is 22.0 Å². The maximum atomic E-state index is 12.1. The summed E-state index contributed by atoms with van der Waals surface area (Å²) in [6.45, 7) is 1.80. The average Bonchev–Trinajstić information content (AvgIpc) is 2.65. The fourth-order valence-corrected chi connectivity index (χ4v) is 2.21. The molecule has 0 aliphatic carbocycles. The molecule has 2 rings (SSSR count). The fourth-order valence-electron chi connectivity index (χ4n) is 1.97. The number of benzene rings is 1. The fraction of sp³-hybridized carbons (Fsp3) is 0.286. The van der Waals surface area contributed by atoms with Crippen LogP contribution in [0.1, 0.15) is 22.9 Å². The molecule has 0 amide bonds. The molecule has 1 heterocycles. The molecule has 0 saturated heterocycles. The second-order valence-corrected chi connectivity index (χ2v) is 4.79. The Morgan fingerprint density at radius 3 is 2.58 bits per heavy atom. The lowest BCUT2D eigenvalue weighted by molar-refractivity contribution is -0.126. The second kappa shape index (κ2) is 5.55. The van der Waals surface area contributed by atoms with Gasteiger partial charge in [-0.2, -0.15) is 5.10 Å². The SMILES string of the molecule is Cc1nn(C)c(Cl)c1CC(=O)C(O)c1ccccc1. The first-order valence-electron chi connectivity index (χ1n) is 5.94. The summed E-state index contributed by atoms with van der Waals surface area (Å²) in [5.41, 5.74) is 1.97. The minimum atomic E-state index is -1.13. The van der Waals surface area contributed by atoms with Crippen LogP contribution in [0, 0.1) is 6.92 Å². The van der Waals surface area contributed by atoms with Gasteiger partial charge in [0, 0.05) is 19.0 Å². The van der Waals surface area contributed by atoms with Crippen molar-refractivity contribution in [2.75, 3.05) is 0 Å².